The SMILES string of the molecule is C=C/C=C(\C=C)C(=C)O/C(C)=C/C(=C)c1cnc([C@@H]2CCCN2C(=O)CC)[nH]1. The first-order chi connectivity index (χ1) is 13.4. The summed E-state index contributed by atoms with van der Waals surface area (Å²) in [5.74, 6) is 2.09. The molecule has 5 heteroatoms. The molecule has 1 atom stereocenters. The molecule has 1 N–H and O–H groups in total. The van der Waals surface area contributed by atoms with E-state index in [4.69, 9.17) is 4.74 Å². The number of carbonyl (C=O) groups is 1. The molecule has 0 spiro atoms. The zero-order chi connectivity index (χ0) is 20.7. The molecule has 0 saturated carbocycles. The van der Waals surface area contributed by atoms with Crippen LogP contribution in [-0.4, -0.2) is 27.3 Å². The molecule has 2 rings (SSSR count). The number of H-pyrrole nitrogens is 1. The van der Waals surface area contributed by atoms with E-state index in [9.17, 15) is 4.79 Å². The molecule has 1 saturated heterocycles. The van der Waals surface area contributed by atoms with Crippen molar-refractivity contribution in [2.75, 3.05) is 6.54 Å². The standard InChI is InChI=1S/C23H29N3O2/c1-7-11-19(8-2)18(6)28-17(5)14-16(4)20-15-24-23(25-20)21-12-10-13-26(21)22(27)9-3/h7-8,11,14-15,21H,1-2,4,6,9-10,12-13H2,3,5H3,(H,24,25)/b17-14+,19-11+/t21-/m0/s1. The van der Waals surface area contributed by atoms with Crippen LogP contribution in [0.1, 0.15) is 50.7 Å². The van der Waals surface area contributed by atoms with Crippen LogP contribution >= 0.6 is 0 Å². The molecule has 1 aromatic heterocycles. The molecule has 0 aliphatic carbocycles. The van der Waals surface area contributed by atoms with Gasteiger partial charge in [0.1, 0.15) is 17.3 Å². The van der Waals surface area contributed by atoms with Crippen LogP contribution in [0.25, 0.3) is 5.57 Å². The van der Waals surface area contributed by atoms with Gasteiger partial charge in [0.25, 0.3) is 0 Å². The molecular weight excluding hydrogens is 350 g/mol. The van der Waals surface area contributed by atoms with E-state index in [0.29, 0.717) is 17.9 Å². The fourth-order valence-electron chi connectivity index (χ4n) is 3.23. The van der Waals surface area contributed by atoms with E-state index in [1.165, 1.54) is 0 Å². The van der Waals surface area contributed by atoms with Gasteiger partial charge < -0.3 is 14.6 Å². The lowest BCUT2D eigenvalue weighted by Crippen LogP contribution is -2.30. The van der Waals surface area contributed by atoms with Gasteiger partial charge in [-0.25, -0.2) is 4.98 Å². The highest BCUT2D eigenvalue weighted by Crippen LogP contribution is 2.31. The molecule has 0 unspecified atom stereocenters. The molecule has 148 valence electrons. The van der Waals surface area contributed by atoms with Gasteiger partial charge in [-0.1, -0.05) is 51.5 Å². The first-order valence-electron chi connectivity index (χ1n) is 9.45. The van der Waals surface area contributed by atoms with Gasteiger partial charge in [0.2, 0.25) is 5.91 Å². The topological polar surface area (TPSA) is 58.2 Å². The van der Waals surface area contributed by atoms with E-state index in [0.717, 1.165) is 42.1 Å². The van der Waals surface area contributed by atoms with E-state index >= 15 is 0 Å². The number of rotatable bonds is 9. The quantitative estimate of drug-likeness (QED) is 0.472. The number of hydrogen-bond donors (Lipinski definition) is 1. The molecule has 5 nitrogen and oxygen atoms in total. The summed E-state index contributed by atoms with van der Waals surface area (Å²) < 4.78 is 5.75. The maximum atomic E-state index is 12.1. The summed E-state index contributed by atoms with van der Waals surface area (Å²) in [5, 5.41) is 0. The van der Waals surface area contributed by atoms with Crippen LogP contribution in [0.2, 0.25) is 0 Å². The second kappa shape index (κ2) is 9.74. The second-order valence-corrected chi connectivity index (χ2v) is 6.65. The predicted octanol–water partition coefficient (Wildman–Crippen LogP) is 5.23. The first-order valence-corrected chi connectivity index (χ1v) is 9.45. The molecule has 2 heterocycles. The molecule has 0 aromatic carbocycles. The van der Waals surface area contributed by atoms with Crippen molar-refractivity contribution >= 4 is 11.5 Å². The Labute approximate surface area is 167 Å². The van der Waals surface area contributed by atoms with Gasteiger partial charge in [-0.05, 0) is 31.4 Å². The third-order valence-corrected chi connectivity index (χ3v) is 4.63. The van der Waals surface area contributed by atoms with Crippen LogP contribution in [0.3, 0.4) is 0 Å². The fourth-order valence-corrected chi connectivity index (χ4v) is 3.23. The summed E-state index contributed by atoms with van der Waals surface area (Å²) in [6.45, 7) is 19.9. The highest BCUT2D eigenvalue weighted by Gasteiger charge is 2.31. The molecule has 1 amide bonds. The van der Waals surface area contributed by atoms with Crippen molar-refractivity contribution in [3.8, 4) is 0 Å². The lowest BCUT2D eigenvalue weighted by molar-refractivity contribution is -0.131. The van der Waals surface area contributed by atoms with Crippen LogP contribution in [-0.2, 0) is 9.53 Å². The number of aromatic nitrogens is 2. The summed E-state index contributed by atoms with van der Waals surface area (Å²) in [4.78, 5) is 21.8. The van der Waals surface area contributed by atoms with Gasteiger partial charge in [0.15, 0.2) is 0 Å². The Bertz CT molecular complexity index is 842. The average molecular weight is 380 g/mol. The molecule has 1 aliphatic heterocycles. The number of ether oxygens (including phenoxy) is 1. The molecule has 1 fully saturated rings. The third-order valence-electron chi connectivity index (χ3n) is 4.63. The minimum Gasteiger partial charge on any atom is -0.462 e. The first kappa shape index (κ1) is 21.2. The van der Waals surface area contributed by atoms with Crippen molar-refractivity contribution in [2.24, 2.45) is 0 Å². The van der Waals surface area contributed by atoms with E-state index in [1.807, 2.05) is 24.8 Å². The van der Waals surface area contributed by atoms with Crippen molar-refractivity contribution < 1.29 is 9.53 Å². The van der Waals surface area contributed by atoms with Crippen molar-refractivity contribution in [3.05, 3.63) is 85.4 Å². The monoisotopic (exact) mass is 379 g/mol. The zero-order valence-electron chi connectivity index (χ0n) is 16.8. The summed E-state index contributed by atoms with van der Waals surface area (Å²) in [6.07, 6.45) is 11.1. The van der Waals surface area contributed by atoms with Gasteiger partial charge in [-0.3, -0.25) is 4.79 Å². The Hall–Kier alpha value is -3.08. The summed E-state index contributed by atoms with van der Waals surface area (Å²) >= 11 is 0. The normalized spacial score (nSPS) is 17.4. The maximum absolute atomic E-state index is 12.1. The Morgan fingerprint density at radius 2 is 2.18 bits per heavy atom. The number of amides is 1. The largest absolute Gasteiger partial charge is 0.462 e. The summed E-state index contributed by atoms with van der Waals surface area (Å²) in [6, 6.07) is 0.00861. The molecule has 1 aromatic rings. The van der Waals surface area contributed by atoms with Crippen LogP contribution in [0, 0.1) is 0 Å². The number of carbonyl (C=O) groups excluding carboxylic acids is 1. The zero-order valence-corrected chi connectivity index (χ0v) is 16.8. The number of nitrogens with zero attached hydrogens (tertiary/aromatic N) is 2. The van der Waals surface area contributed by atoms with Gasteiger partial charge >= 0.3 is 0 Å². The van der Waals surface area contributed by atoms with Gasteiger partial charge in [-0.2, -0.15) is 0 Å². The smallest absolute Gasteiger partial charge is 0.222 e. The van der Waals surface area contributed by atoms with Crippen LogP contribution < -0.4 is 0 Å². The Balaban J connectivity index is 2.09. The van der Waals surface area contributed by atoms with Gasteiger partial charge in [-0.15, -0.1) is 0 Å². The number of hydrogen-bond acceptors (Lipinski definition) is 3. The Morgan fingerprint density at radius 1 is 1.43 bits per heavy atom. The van der Waals surface area contributed by atoms with Crippen LogP contribution in [0.15, 0.2) is 73.9 Å². The van der Waals surface area contributed by atoms with Crippen molar-refractivity contribution in [1.82, 2.24) is 14.9 Å². The van der Waals surface area contributed by atoms with Crippen LogP contribution in [0.4, 0.5) is 0 Å². The van der Waals surface area contributed by atoms with E-state index in [-0.39, 0.29) is 11.9 Å². The molecule has 1 aliphatic rings. The molecular formula is C23H29N3O2. The average Bonchev–Trinajstić information content (AvgIpc) is 3.34. The van der Waals surface area contributed by atoms with Gasteiger partial charge in [0.05, 0.1) is 17.9 Å². The van der Waals surface area contributed by atoms with Crippen LogP contribution in [0.5, 0.6) is 0 Å². The number of aromatic amines is 1. The minimum absolute atomic E-state index is 0.00861. The number of nitrogens with one attached hydrogen (secondary N) is 1. The van der Waals surface area contributed by atoms with Crippen molar-refractivity contribution in [2.45, 2.75) is 39.2 Å². The fraction of sp³-hybridized carbons (Fsp3) is 0.304. The summed E-state index contributed by atoms with van der Waals surface area (Å²) in [7, 11) is 0. The second-order valence-electron chi connectivity index (χ2n) is 6.65. The highest BCUT2D eigenvalue weighted by molar-refractivity contribution is 5.76. The summed E-state index contributed by atoms with van der Waals surface area (Å²) in [5.41, 5.74) is 2.30. The molecule has 28 heavy (non-hydrogen) atoms. The van der Waals surface area contributed by atoms with E-state index < -0.39 is 0 Å². The van der Waals surface area contributed by atoms with Gasteiger partial charge in [0, 0.05) is 18.5 Å². The van der Waals surface area contributed by atoms with E-state index in [2.05, 4.69) is 36.3 Å². The Kier molecular flexibility index (Phi) is 7.38. The minimum atomic E-state index is 0.00861. The Morgan fingerprint density at radius 3 is 2.82 bits per heavy atom. The lowest BCUT2D eigenvalue weighted by Gasteiger charge is -2.22. The van der Waals surface area contributed by atoms with E-state index in [1.54, 1.807) is 24.4 Å². The predicted molar refractivity (Wildman–Crippen MR) is 114 cm³/mol. The maximum Gasteiger partial charge on any atom is 0.222 e. The number of likely N-dealkylation sites (tertiary alicyclic amines) is 1. The van der Waals surface area contributed by atoms with Crippen molar-refractivity contribution in [3.63, 3.8) is 0 Å². The molecule has 0 bridgehead atoms. The number of allylic oxidation sites excluding steroid dienone is 6. The highest BCUT2D eigenvalue weighted by atomic mass is 16.5. The third kappa shape index (κ3) is 5.00. The van der Waals surface area contributed by atoms with Crippen molar-refractivity contribution in [1.29, 1.82) is 0 Å². The lowest BCUT2D eigenvalue weighted by atomic mass is 10.2. The number of imidazole rings is 1. The molecule has 0 radical (unpaired) electrons.